The van der Waals surface area contributed by atoms with E-state index in [1.165, 1.54) is 18.1 Å². The predicted molar refractivity (Wildman–Crippen MR) is 102 cm³/mol. The zero-order chi connectivity index (χ0) is 20.5. The Balaban J connectivity index is 1.90. The fraction of sp³-hybridized carbons (Fsp3) is 0.333. The molecule has 1 unspecified atom stereocenters. The summed E-state index contributed by atoms with van der Waals surface area (Å²) in [6.07, 6.45) is -0.679. The van der Waals surface area contributed by atoms with Crippen molar-refractivity contribution in [3.8, 4) is 5.75 Å². The molecule has 0 fully saturated rings. The number of carboxylic acid groups (broad SMARTS) is 1. The Morgan fingerprint density at radius 3 is 2.39 bits per heavy atom. The normalized spacial score (nSPS) is 11.7. The first-order chi connectivity index (χ1) is 13.4. The molecule has 2 aromatic carbocycles. The molecule has 0 radical (unpaired) electrons. The molecule has 0 saturated carbocycles. The number of aliphatic carboxylic acids is 1. The highest BCUT2D eigenvalue weighted by atomic mass is 19.1. The summed E-state index contributed by atoms with van der Waals surface area (Å²) < 4.78 is 24.2. The monoisotopic (exact) mass is 389 g/mol. The van der Waals surface area contributed by atoms with Crippen LogP contribution in [0.15, 0.2) is 48.5 Å². The lowest BCUT2D eigenvalue weighted by Gasteiger charge is -2.21. The van der Waals surface area contributed by atoms with Gasteiger partial charge in [0.05, 0.1) is 0 Å². The predicted octanol–water partition coefficient (Wildman–Crippen LogP) is 2.90. The number of ether oxygens (including phenoxy) is 2. The molecule has 0 aliphatic rings. The van der Waals surface area contributed by atoms with Gasteiger partial charge in [0.2, 0.25) is 0 Å². The molecular weight excluding hydrogens is 365 g/mol. The van der Waals surface area contributed by atoms with Crippen LogP contribution in [0.2, 0.25) is 0 Å². The summed E-state index contributed by atoms with van der Waals surface area (Å²) >= 11 is 0. The number of carboxylic acids is 1. The summed E-state index contributed by atoms with van der Waals surface area (Å²) in [4.78, 5) is 24.9. The summed E-state index contributed by atoms with van der Waals surface area (Å²) in [5.41, 5.74) is 1.23. The third kappa shape index (κ3) is 6.06. The molecule has 2 rings (SSSR count). The summed E-state index contributed by atoms with van der Waals surface area (Å²) in [5.74, 6) is -1.13. The number of hydrogen-bond donors (Lipinski definition) is 1. The number of carbonyl (C=O) groups excluding carboxylic acids is 1. The summed E-state index contributed by atoms with van der Waals surface area (Å²) in [7, 11) is 1.35. The quantitative estimate of drug-likeness (QED) is 0.676. The lowest BCUT2D eigenvalue weighted by Crippen LogP contribution is -2.34. The number of likely N-dealkylation sites (N-methyl/N-ethyl adjacent to an activating group) is 1. The van der Waals surface area contributed by atoms with Gasteiger partial charge in [-0.15, -0.1) is 0 Å². The maximum absolute atomic E-state index is 13.8. The SMILES string of the molecule is CCN(Cc1ccccc1F)C(=O)COc1ccc(CC(OC)C(=O)O)cc1. The lowest BCUT2D eigenvalue weighted by atomic mass is 10.1. The molecule has 0 heterocycles. The highest BCUT2D eigenvalue weighted by Gasteiger charge is 2.17. The highest BCUT2D eigenvalue weighted by molar-refractivity contribution is 5.77. The Morgan fingerprint density at radius 1 is 1.14 bits per heavy atom. The van der Waals surface area contributed by atoms with E-state index in [1.54, 1.807) is 42.5 Å². The molecule has 28 heavy (non-hydrogen) atoms. The molecule has 0 aliphatic carbocycles. The number of rotatable bonds is 10. The van der Waals surface area contributed by atoms with E-state index in [2.05, 4.69) is 0 Å². The Morgan fingerprint density at radius 2 is 1.82 bits per heavy atom. The summed E-state index contributed by atoms with van der Waals surface area (Å²) in [6, 6.07) is 13.1. The smallest absolute Gasteiger partial charge is 0.333 e. The average molecular weight is 389 g/mol. The average Bonchev–Trinajstić information content (AvgIpc) is 2.70. The molecule has 1 amide bonds. The fourth-order valence-corrected chi connectivity index (χ4v) is 2.65. The van der Waals surface area contributed by atoms with Gasteiger partial charge >= 0.3 is 5.97 Å². The number of halogens is 1. The van der Waals surface area contributed by atoms with Crippen molar-refractivity contribution in [2.45, 2.75) is 26.0 Å². The van der Waals surface area contributed by atoms with Crippen molar-refractivity contribution in [2.24, 2.45) is 0 Å². The first kappa shape index (κ1) is 21.4. The van der Waals surface area contributed by atoms with E-state index in [9.17, 15) is 14.0 Å². The van der Waals surface area contributed by atoms with E-state index >= 15 is 0 Å². The Bertz CT molecular complexity index is 794. The first-order valence-electron chi connectivity index (χ1n) is 8.93. The van der Waals surface area contributed by atoms with E-state index < -0.39 is 12.1 Å². The number of methoxy groups -OCH3 is 1. The first-order valence-corrected chi connectivity index (χ1v) is 8.93. The maximum atomic E-state index is 13.8. The molecule has 0 aliphatic heterocycles. The molecule has 0 bridgehead atoms. The zero-order valence-electron chi connectivity index (χ0n) is 15.9. The Kier molecular flexibility index (Phi) is 7.95. The third-order valence-corrected chi connectivity index (χ3v) is 4.32. The van der Waals surface area contributed by atoms with Gasteiger partial charge in [-0.1, -0.05) is 30.3 Å². The molecule has 7 heteroatoms. The third-order valence-electron chi connectivity index (χ3n) is 4.32. The summed E-state index contributed by atoms with van der Waals surface area (Å²) in [6.45, 7) is 2.26. The van der Waals surface area contributed by atoms with E-state index in [4.69, 9.17) is 14.6 Å². The van der Waals surface area contributed by atoms with E-state index in [0.29, 0.717) is 17.9 Å². The van der Waals surface area contributed by atoms with Gasteiger partial charge in [-0.2, -0.15) is 0 Å². The van der Waals surface area contributed by atoms with Gasteiger partial charge < -0.3 is 19.5 Å². The van der Waals surface area contributed by atoms with Crippen LogP contribution in [0.5, 0.6) is 5.75 Å². The van der Waals surface area contributed by atoms with Crippen molar-refractivity contribution in [1.29, 1.82) is 0 Å². The van der Waals surface area contributed by atoms with Crippen molar-refractivity contribution in [3.05, 3.63) is 65.5 Å². The Labute approximate surface area is 163 Å². The number of nitrogens with zero attached hydrogens (tertiary/aromatic N) is 1. The van der Waals surface area contributed by atoms with Crippen molar-refractivity contribution in [3.63, 3.8) is 0 Å². The van der Waals surface area contributed by atoms with Crippen LogP contribution in [0.25, 0.3) is 0 Å². The molecule has 6 nitrogen and oxygen atoms in total. The number of hydrogen-bond acceptors (Lipinski definition) is 4. The second-order valence-electron chi connectivity index (χ2n) is 6.20. The van der Waals surface area contributed by atoms with Gasteiger partial charge in [-0.25, -0.2) is 9.18 Å². The van der Waals surface area contributed by atoms with Crippen LogP contribution in [0, 0.1) is 5.82 Å². The van der Waals surface area contributed by atoms with Gasteiger partial charge in [0, 0.05) is 32.2 Å². The molecule has 0 spiro atoms. The summed E-state index contributed by atoms with van der Waals surface area (Å²) in [5, 5.41) is 9.02. The van der Waals surface area contributed by atoms with Crippen LogP contribution >= 0.6 is 0 Å². The molecular formula is C21H24FNO5. The fourth-order valence-electron chi connectivity index (χ4n) is 2.65. The lowest BCUT2D eigenvalue weighted by molar-refractivity contribution is -0.148. The van der Waals surface area contributed by atoms with E-state index in [-0.39, 0.29) is 31.3 Å². The largest absolute Gasteiger partial charge is 0.484 e. The van der Waals surface area contributed by atoms with Gasteiger partial charge in [-0.3, -0.25) is 4.79 Å². The molecule has 2 aromatic rings. The van der Waals surface area contributed by atoms with Gasteiger partial charge in [0.15, 0.2) is 12.7 Å². The van der Waals surface area contributed by atoms with Crippen LogP contribution in [-0.2, 0) is 27.3 Å². The number of benzene rings is 2. The van der Waals surface area contributed by atoms with Crippen LogP contribution in [0.1, 0.15) is 18.1 Å². The molecule has 150 valence electrons. The maximum Gasteiger partial charge on any atom is 0.333 e. The van der Waals surface area contributed by atoms with Crippen LogP contribution < -0.4 is 4.74 Å². The zero-order valence-corrected chi connectivity index (χ0v) is 15.9. The Hall–Kier alpha value is -2.93. The van der Waals surface area contributed by atoms with Gasteiger partial charge in [0.25, 0.3) is 5.91 Å². The molecule has 0 aromatic heterocycles. The van der Waals surface area contributed by atoms with Crippen molar-refractivity contribution >= 4 is 11.9 Å². The minimum absolute atomic E-state index is 0.169. The van der Waals surface area contributed by atoms with Gasteiger partial charge in [-0.05, 0) is 30.7 Å². The second-order valence-corrected chi connectivity index (χ2v) is 6.20. The van der Waals surface area contributed by atoms with Crippen LogP contribution in [0.3, 0.4) is 0 Å². The van der Waals surface area contributed by atoms with Crippen molar-refractivity contribution in [2.75, 3.05) is 20.3 Å². The topological polar surface area (TPSA) is 76.1 Å². The molecule has 1 atom stereocenters. The van der Waals surface area contributed by atoms with Crippen LogP contribution in [-0.4, -0.2) is 48.2 Å². The molecule has 0 saturated heterocycles. The highest BCUT2D eigenvalue weighted by Crippen LogP contribution is 2.15. The number of carbonyl (C=O) groups is 2. The van der Waals surface area contributed by atoms with Gasteiger partial charge in [0.1, 0.15) is 11.6 Å². The minimum atomic E-state index is -1.03. The van der Waals surface area contributed by atoms with Crippen molar-refractivity contribution < 1.29 is 28.6 Å². The second kappa shape index (κ2) is 10.4. The van der Waals surface area contributed by atoms with E-state index in [1.807, 2.05) is 6.92 Å². The standard InChI is InChI=1S/C21H24FNO5/c1-3-23(13-16-6-4-5-7-18(16)22)20(24)14-28-17-10-8-15(9-11-17)12-19(27-2)21(25)26/h4-11,19H,3,12-14H2,1-2H3,(H,25,26). The van der Waals surface area contributed by atoms with E-state index in [0.717, 1.165) is 5.56 Å². The van der Waals surface area contributed by atoms with Crippen molar-refractivity contribution in [1.82, 2.24) is 4.90 Å². The van der Waals surface area contributed by atoms with Crippen LogP contribution in [0.4, 0.5) is 4.39 Å². The number of amides is 1. The minimum Gasteiger partial charge on any atom is -0.484 e. The molecule has 1 N–H and O–H groups in total.